The van der Waals surface area contributed by atoms with Crippen molar-refractivity contribution in [2.24, 2.45) is 0 Å². The number of amides is 3. The van der Waals surface area contributed by atoms with Gasteiger partial charge >= 0.3 is 6.03 Å². The van der Waals surface area contributed by atoms with E-state index in [9.17, 15) is 19.1 Å². The Bertz CT molecular complexity index is 578. The summed E-state index contributed by atoms with van der Waals surface area (Å²) >= 11 is 0. The smallest absolute Gasteiger partial charge is 0.317 e. The molecule has 2 aliphatic rings. The monoisotopic (exact) mass is 279 g/mol. The van der Waals surface area contributed by atoms with Crippen LogP contribution in [0.15, 0.2) is 18.2 Å². The van der Waals surface area contributed by atoms with Gasteiger partial charge in [-0.1, -0.05) is 0 Å². The molecule has 1 unspecified atom stereocenters. The van der Waals surface area contributed by atoms with Crippen molar-refractivity contribution in [3.63, 3.8) is 0 Å². The molecule has 2 heterocycles. The molecule has 20 heavy (non-hydrogen) atoms. The van der Waals surface area contributed by atoms with E-state index in [1.807, 2.05) is 0 Å². The molecule has 1 aromatic carbocycles. The SMILES string of the molecule is O=C(c1cc(F)ccc1O)N1CCN2C(=O)NCC2C1. The van der Waals surface area contributed by atoms with Gasteiger partial charge < -0.3 is 20.2 Å². The lowest BCUT2D eigenvalue weighted by Gasteiger charge is -2.36. The summed E-state index contributed by atoms with van der Waals surface area (Å²) in [5, 5.41) is 12.4. The minimum atomic E-state index is -0.567. The molecule has 0 bridgehead atoms. The number of piperazine rings is 1. The van der Waals surface area contributed by atoms with Crippen LogP contribution in [0.5, 0.6) is 5.75 Å². The Morgan fingerprint density at radius 2 is 2.20 bits per heavy atom. The molecule has 2 N–H and O–H groups in total. The minimum Gasteiger partial charge on any atom is -0.507 e. The summed E-state index contributed by atoms with van der Waals surface area (Å²) in [5.41, 5.74) is -0.0456. The number of urea groups is 1. The third kappa shape index (κ3) is 2.04. The molecule has 106 valence electrons. The summed E-state index contributed by atoms with van der Waals surface area (Å²) in [6.07, 6.45) is 0. The largest absolute Gasteiger partial charge is 0.507 e. The summed E-state index contributed by atoms with van der Waals surface area (Å²) in [6.45, 7) is 1.70. The number of carbonyl (C=O) groups is 2. The molecule has 3 rings (SSSR count). The summed E-state index contributed by atoms with van der Waals surface area (Å²) in [6, 6.07) is 3.12. The van der Waals surface area contributed by atoms with Gasteiger partial charge in [0.25, 0.3) is 5.91 Å². The van der Waals surface area contributed by atoms with Crippen LogP contribution < -0.4 is 5.32 Å². The fourth-order valence-electron chi connectivity index (χ4n) is 2.64. The number of phenols is 1. The first-order valence-corrected chi connectivity index (χ1v) is 6.38. The zero-order valence-corrected chi connectivity index (χ0v) is 10.7. The number of nitrogens with one attached hydrogen (secondary N) is 1. The van der Waals surface area contributed by atoms with Crippen molar-refractivity contribution in [3.05, 3.63) is 29.6 Å². The van der Waals surface area contributed by atoms with Crippen LogP contribution in [0.25, 0.3) is 0 Å². The lowest BCUT2D eigenvalue weighted by atomic mass is 10.1. The average molecular weight is 279 g/mol. The zero-order chi connectivity index (χ0) is 14.3. The second-order valence-corrected chi connectivity index (χ2v) is 4.95. The molecule has 0 aromatic heterocycles. The quantitative estimate of drug-likeness (QED) is 0.780. The maximum atomic E-state index is 13.2. The van der Waals surface area contributed by atoms with Gasteiger partial charge in [-0.25, -0.2) is 9.18 Å². The fourth-order valence-corrected chi connectivity index (χ4v) is 2.64. The molecule has 0 spiro atoms. The van der Waals surface area contributed by atoms with E-state index in [0.29, 0.717) is 26.2 Å². The maximum Gasteiger partial charge on any atom is 0.317 e. The predicted molar refractivity (Wildman–Crippen MR) is 67.9 cm³/mol. The molecule has 2 fully saturated rings. The van der Waals surface area contributed by atoms with Gasteiger partial charge in [0, 0.05) is 26.2 Å². The molecular weight excluding hydrogens is 265 g/mol. The molecular formula is C13H14FN3O3. The van der Waals surface area contributed by atoms with Crippen LogP contribution in [-0.4, -0.2) is 59.1 Å². The maximum absolute atomic E-state index is 13.2. The average Bonchev–Trinajstić information content (AvgIpc) is 2.82. The van der Waals surface area contributed by atoms with Gasteiger partial charge in [-0.3, -0.25) is 4.79 Å². The highest BCUT2D eigenvalue weighted by molar-refractivity contribution is 5.97. The highest BCUT2D eigenvalue weighted by Gasteiger charge is 2.37. The second kappa shape index (κ2) is 4.66. The van der Waals surface area contributed by atoms with Gasteiger partial charge in [-0.05, 0) is 18.2 Å². The van der Waals surface area contributed by atoms with E-state index in [4.69, 9.17) is 0 Å². The lowest BCUT2D eigenvalue weighted by molar-refractivity contribution is 0.0613. The van der Waals surface area contributed by atoms with Crippen LogP contribution in [0.2, 0.25) is 0 Å². The van der Waals surface area contributed by atoms with Crippen LogP contribution in [0, 0.1) is 5.82 Å². The number of fused-ring (bicyclic) bond motifs is 1. The highest BCUT2D eigenvalue weighted by Crippen LogP contribution is 2.22. The van der Waals surface area contributed by atoms with Crippen molar-refractivity contribution in [3.8, 4) is 5.75 Å². The van der Waals surface area contributed by atoms with E-state index in [-0.39, 0.29) is 23.4 Å². The van der Waals surface area contributed by atoms with Crippen LogP contribution in [0.4, 0.5) is 9.18 Å². The van der Waals surface area contributed by atoms with Gasteiger partial charge in [0.15, 0.2) is 0 Å². The van der Waals surface area contributed by atoms with Crippen molar-refractivity contribution in [2.75, 3.05) is 26.2 Å². The second-order valence-electron chi connectivity index (χ2n) is 4.95. The van der Waals surface area contributed by atoms with E-state index in [2.05, 4.69) is 5.32 Å². The number of halogens is 1. The third-order valence-corrected chi connectivity index (χ3v) is 3.71. The van der Waals surface area contributed by atoms with Gasteiger partial charge in [-0.15, -0.1) is 0 Å². The van der Waals surface area contributed by atoms with Crippen LogP contribution in [0.3, 0.4) is 0 Å². The van der Waals surface area contributed by atoms with Crippen molar-refractivity contribution in [1.82, 2.24) is 15.1 Å². The van der Waals surface area contributed by atoms with Gasteiger partial charge in [-0.2, -0.15) is 0 Å². The Morgan fingerprint density at radius 1 is 1.40 bits per heavy atom. The normalized spacial score (nSPS) is 21.6. The summed E-state index contributed by atoms with van der Waals surface area (Å²) < 4.78 is 13.2. The Labute approximate surface area is 114 Å². The number of benzene rings is 1. The number of aromatic hydroxyl groups is 1. The first kappa shape index (κ1) is 12.7. The lowest BCUT2D eigenvalue weighted by Crippen LogP contribution is -2.53. The van der Waals surface area contributed by atoms with Crippen molar-refractivity contribution in [2.45, 2.75) is 6.04 Å². The van der Waals surface area contributed by atoms with Gasteiger partial charge in [0.05, 0.1) is 11.6 Å². The number of rotatable bonds is 1. The summed E-state index contributed by atoms with van der Waals surface area (Å²) in [4.78, 5) is 27.0. The first-order valence-electron chi connectivity index (χ1n) is 6.38. The summed E-state index contributed by atoms with van der Waals surface area (Å²) in [7, 11) is 0. The molecule has 1 aromatic rings. The number of carbonyl (C=O) groups excluding carboxylic acids is 2. The number of hydrogen-bond donors (Lipinski definition) is 2. The van der Waals surface area contributed by atoms with Crippen LogP contribution in [-0.2, 0) is 0 Å². The van der Waals surface area contributed by atoms with Gasteiger partial charge in [0.1, 0.15) is 11.6 Å². The van der Waals surface area contributed by atoms with E-state index in [1.165, 1.54) is 11.0 Å². The molecule has 2 saturated heterocycles. The van der Waals surface area contributed by atoms with Crippen LogP contribution in [0.1, 0.15) is 10.4 Å². The molecule has 0 saturated carbocycles. The van der Waals surface area contributed by atoms with Gasteiger partial charge in [0.2, 0.25) is 0 Å². The van der Waals surface area contributed by atoms with Crippen molar-refractivity contribution >= 4 is 11.9 Å². The number of phenolic OH excluding ortho intramolecular Hbond substituents is 1. The molecule has 6 nitrogen and oxygen atoms in total. The molecule has 0 radical (unpaired) electrons. The topological polar surface area (TPSA) is 72.9 Å². The number of nitrogens with zero attached hydrogens (tertiary/aromatic N) is 2. The standard InChI is InChI=1S/C13H14FN3O3/c14-8-1-2-11(18)10(5-8)12(19)16-3-4-17-9(7-16)6-15-13(17)20/h1-2,5,9,18H,3-4,6-7H2,(H,15,20). The molecule has 7 heteroatoms. The Morgan fingerprint density at radius 3 is 3.00 bits per heavy atom. The van der Waals surface area contributed by atoms with E-state index < -0.39 is 11.7 Å². The van der Waals surface area contributed by atoms with E-state index in [1.54, 1.807) is 4.90 Å². The van der Waals surface area contributed by atoms with Crippen molar-refractivity contribution in [1.29, 1.82) is 0 Å². The summed E-state index contributed by atoms with van der Waals surface area (Å²) in [5.74, 6) is -1.22. The molecule has 0 aliphatic carbocycles. The van der Waals surface area contributed by atoms with Crippen LogP contribution >= 0.6 is 0 Å². The first-order chi connectivity index (χ1) is 9.56. The van der Waals surface area contributed by atoms with E-state index >= 15 is 0 Å². The van der Waals surface area contributed by atoms with E-state index in [0.717, 1.165) is 12.1 Å². The fraction of sp³-hybridized carbons (Fsp3) is 0.385. The zero-order valence-electron chi connectivity index (χ0n) is 10.7. The third-order valence-electron chi connectivity index (χ3n) is 3.71. The molecule has 1 atom stereocenters. The highest BCUT2D eigenvalue weighted by atomic mass is 19.1. The Balaban J connectivity index is 1.78. The number of hydrogen-bond acceptors (Lipinski definition) is 3. The predicted octanol–water partition coefficient (Wildman–Crippen LogP) is 0.381. The molecule has 2 aliphatic heterocycles. The Hall–Kier alpha value is -2.31. The van der Waals surface area contributed by atoms with Crippen molar-refractivity contribution < 1.29 is 19.1 Å². The minimum absolute atomic E-state index is 0.0456. The molecule has 3 amide bonds. The Kier molecular flexibility index (Phi) is 2.96.